The van der Waals surface area contributed by atoms with Gasteiger partial charge in [-0.2, -0.15) is 0 Å². The summed E-state index contributed by atoms with van der Waals surface area (Å²) in [5, 5.41) is 0. The van der Waals surface area contributed by atoms with Crippen LogP contribution < -0.4 is 0 Å². The van der Waals surface area contributed by atoms with Gasteiger partial charge in [0.25, 0.3) is 0 Å². The fourth-order valence-electron chi connectivity index (χ4n) is 1.52. The Morgan fingerprint density at radius 1 is 1.27 bits per heavy atom. The predicted molar refractivity (Wildman–Crippen MR) is 44.2 cm³/mol. The second-order valence-electron chi connectivity index (χ2n) is 2.89. The first-order valence-corrected chi connectivity index (χ1v) is 4.15. The zero-order valence-electron chi connectivity index (χ0n) is 6.62. The molecule has 0 saturated carbocycles. The van der Waals surface area contributed by atoms with Gasteiger partial charge in [-0.3, -0.25) is 0 Å². The zero-order chi connectivity index (χ0) is 7.52. The van der Waals surface area contributed by atoms with Gasteiger partial charge in [-0.15, -0.1) is 0 Å². The van der Waals surface area contributed by atoms with Crippen molar-refractivity contribution in [2.45, 2.75) is 6.42 Å². The second-order valence-corrected chi connectivity index (χ2v) is 2.89. The molecule has 0 bridgehead atoms. The van der Waals surface area contributed by atoms with E-state index in [1.165, 1.54) is 5.70 Å². The first-order valence-electron chi connectivity index (χ1n) is 4.15. The van der Waals surface area contributed by atoms with E-state index in [0.29, 0.717) is 0 Å². The number of hydrogen-bond acceptors (Lipinski definition) is 2. The molecule has 0 amide bonds. The van der Waals surface area contributed by atoms with Gasteiger partial charge in [-0.1, -0.05) is 12.2 Å². The van der Waals surface area contributed by atoms with Crippen molar-refractivity contribution < 1.29 is 4.74 Å². The van der Waals surface area contributed by atoms with Gasteiger partial charge in [0, 0.05) is 25.2 Å². The van der Waals surface area contributed by atoms with Gasteiger partial charge in [0.05, 0.1) is 13.2 Å². The van der Waals surface area contributed by atoms with Crippen molar-refractivity contribution in [2.24, 2.45) is 0 Å². The van der Waals surface area contributed by atoms with Crippen molar-refractivity contribution >= 4 is 0 Å². The van der Waals surface area contributed by atoms with E-state index in [-0.39, 0.29) is 0 Å². The van der Waals surface area contributed by atoms with Crippen LogP contribution in [0.4, 0.5) is 0 Å². The molecule has 0 aromatic rings. The SMILES string of the molecule is C1=CCC(N2CCOCC2)=C1. The lowest BCUT2D eigenvalue weighted by Gasteiger charge is -2.29. The largest absolute Gasteiger partial charge is 0.378 e. The Labute approximate surface area is 67.1 Å². The highest BCUT2D eigenvalue weighted by Gasteiger charge is 2.13. The maximum Gasteiger partial charge on any atom is 0.0642 e. The maximum absolute atomic E-state index is 5.27. The van der Waals surface area contributed by atoms with E-state index in [2.05, 4.69) is 23.1 Å². The minimum atomic E-state index is 0.886. The average molecular weight is 151 g/mol. The Balaban J connectivity index is 1.93. The smallest absolute Gasteiger partial charge is 0.0642 e. The molecule has 1 aliphatic carbocycles. The summed E-state index contributed by atoms with van der Waals surface area (Å²) in [5.74, 6) is 0. The van der Waals surface area contributed by atoms with Gasteiger partial charge >= 0.3 is 0 Å². The Kier molecular flexibility index (Phi) is 1.95. The van der Waals surface area contributed by atoms with Crippen molar-refractivity contribution in [3.63, 3.8) is 0 Å². The van der Waals surface area contributed by atoms with Crippen molar-refractivity contribution in [3.05, 3.63) is 23.9 Å². The van der Waals surface area contributed by atoms with E-state index in [4.69, 9.17) is 4.74 Å². The third-order valence-corrected chi connectivity index (χ3v) is 2.17. The number of nitrogens with zero attached hydrogens (tertiary/aromatic N) is 1. The molecule has 0 aromatic carbocycles. The molecule has 0 N–H and O–H groups in total. The summed E-state index contributed by atoms with van der Waals surface area (Å²) in [6, 6.07) is 0. The molecule has 0 unspecified atom stereocenters. The molecule has 0 spiro atoms. The summed E-state index contributed by atoms with van der Waals surface area (Å²) in [5.41, 5.74) is 1.45. The second kappa shape index (κ2) is 3.09. The molecule has 2 nitrogen and oxygen atoms in total. The quantitative estimate of drug-likeness (QED) is 0.557. The molecule has 0 aromatic heterocycles. The predicted octanol–water partition coefficient (Wildman–Crippen LogP) is 1.16. The number of hydrogen-bond donors (Lipinski definition) is 0. The van der Waals surface area contributed by atoms with Gasteiger partial charge in [-0.05, 0) is 6.08 Å². The highest BCUT2D eigenvalue weighted by Crippen LogP contribution is 2.16. The lowest BCUT2D eigenvalue weighted by Crippen LogP contribution is -2.35. The summed E-state index contributed by atoms with van der Waals surface area (Å²) in [6.45, 7) is 3.90. The van der Waals surface area contributed by atoms with Gasteiger partial charge in [0.1, 0.15) is 0 Å². The van der Waals surface area contributed by atoms with Crippen LogP contribution >= 0.6 is 0 Å². The molecule has 0 atom stereocenters. The fourth-order valence-corrected chi connectivity index (χ4v) is 1.52. The summed E-state index contributed by atoms with van der Waals surface area (Å²) < 4.78 is 5.27. The topological polar surface area (TPSA) is 12.5 Å². The van der Waals surface area contributed by atoms with Gasteiger partial charge in [0.2, 0.25) is 0 Å². The molecule has 1 heterocycles. The Morgan fingerprint density at radius 3 is 2.73 bits per heavy atom. The molecule has 0 radical (unpaired) electrons. The molecule has 2 heteroatoms. The molecule has 1 saturated heterocycles. The first kappa shape index (κ1) is 6.92. The Morgan fingerprint density at radius 2 is 2.09 bits per heavy atom. The Bertz CT molecular complexity index is 190. The van der Waals surface area contributed by atoms with Crippen LogP contribution in [0, 0.1) is 0 Å². The number of morpholine rings is 1. The van der Waals surface area contributed by atoms with Crippen molar-refractivity contribution in [1.82, 2.24) is 4.90 Å². The lowest BCUT2D eigenvalue weighted by atomic mass is 10.3. The summed E-state index contributed by atoms with van der Waals surface area (Å²) in [4.78, 5) is 2.41. The molecule has 60 valence electrons. The lowest BCUT2D eigenvalue weighted by molar-refractivity contribution is 0.0530. The van der Waals surface area contributed by atoms with Crippen LogP contribution in [0.1, 0.15) is 6.42 Å². The van der Waals surface area contributed by atoms with E-state index in [0.717, 1.165) is 32.7 Å². The third kappa shape index (κ3) is 1.46. The molecule has 11 heavy (non-hydrogen) atoms. The minimum absolute atomic E-state index is 0.886. The van der Waals surface area contributed by atoms with Crippen LogP contribution in [0.2, 0.25) is 0 Å². The molecular weight excluding hydrogens is 138 g/mol. The normalized spacial score (nSPS) is 24.0. The number of rotatable bonds is 1. The monoisotopic (exact) mass is 151 g/mol. The molecule has 1 aliphatic heterocycles. The van der Waals surface area contributed by atoms with E-state index in [1.54, 1.807) is 0 Å². The van der Waals surface area contributed by atoms with Crippen LogP contribution in [-0.4, -0.2) is 31.2 Å². The summed E-state index contributed by atoms with van der Waals surface area (Å²) in [6.07, 6.45) is 7.64. The molecule has 1 fully saturated rings. The van der Waals surface area contributed by atoms with Crippen LogP contribution in [-0.2, 0) is 4.74 Å². The van der Waals surface area contributed by atoms with Crippen LogP contribution in [0.25, 0.3) is 0 Å². The summed E-state index contributed by atoms with van der Waals surface area (Å²) in [7, 11) is 0. The van der Waals surface area contributed by atoms with Crippen LogP contribution in [0.5, 0.6) is 0 Å². The van der Waals surface area contributed by atoms with E-state index in [1.807, 2.05) is 0 Å². The maximum atomic E-state index is 5.27. The fraction of sp³-hybridized carbons (Fsp3) is 0.556. The molecule has 2 rings (SSSR count). The average Bonchev–Trinajstić information content (AvgIpc) is 2.58. The van der Waals surface area contributed by atoms with E-state index in [9.17, 15) is 0 Å². The highest BCUT2D eigenvalue weighted by molar-refractivity contribution is 5.22. The highest BCUT2D eigenvalue weighted by atomic mass is 16.5. The number of allylic oxidation sites excluding steroid dienone is 3. The van der Waals surface area contributed by atoms with Gasteiger partial charge < -0.3 is 9.64 Å². The minimum Gasteiger partial charge on any atom is -0.378 e. The first-order chi connectivity index (χ1) is 5.47. The van der Waals surface area contributed by atoms with Crippen molar-refractivity contribution in [1.29, 1.82) is 0 Å². The summed E-state index contributed by atoms with van der Waals surface area (Å²) >= 11 is 0. The van der Waals surface area contributed by atoms with Gasteiger partial charge in [0.15, 0.2) is 0 Å². The van der Waals surface area contributed by atoms with Crippen LogP contribution in [0.3, 0.4) is 0 Å². The van der Waals surface area contributed by atoms with E-state index < -0.39 is 0 Å². The molecule has 2 aliphatic rings. The van der Waals surface area contributed by atoms with Crippen molar-refractivity contribution in [3.8, 4) is 0 Å². The standard InChI is InChI=1S/C9H13NO/c1-2-4-9(3-1)10-5-7-11-8-6-10/h1-3H,4-8H2. The van der Waals surface area contributed by atoms with Gasteiger partial charge in [-0.25, -0.2) is 0 Å². The number of ether oxygens (including phenoxy) is 1. The zero-order valence-corrected chi connectivity index (χ0v) is 6.62. The third-order valence-electron chi connectivity index (χ3n) is 2.17. The Hall–Kier alpha value is -0.760. The van der Waals surface area contributed by atoms with Crippen LogP contribution in [0.15, 0.2) is 23.9 Å². The molecular formula is C9H13NO. The van der Waals surface area contributed by atoms with Crippen molar-refractivity contribution in [2.75, 3.05) is 26.3 Å². The van der Waals surface area contributed by atoms with E-state index >= 15 is 0 Å².